The number of pyridine rings is 1. The maximum atomic E-state index is 11.8. The van der Waals surface area contributed by atoms with Crippen LogP contribution in [0.1, 0.15) is 26.5 Å². The van der Waals surface area contributed by atoms with E-state index in [1.165, 1.54) is 16.9 Å². The van der Waals surface area contributed by atoms with E-state index in [9.17, 15) is 4.79 Å². The van der Waals surface area contributed by atoms with E-state index in [0.29, 0.717) is 6.54 Å². The molecule has 0 spiro atoms. The number of rotatable bonds is 5. The molecule has 2 heterocycles. The molecule has 0 radical (unpaired) electrons. The third kappa shape index (κ3) is 3.67. The lowest BCUT2D eigenvalue weighted by molar-refractivity contribution is 0.0957. The molecule has 0 saturated carbocycles. The van der Waals surface area contributed by atoms with Gasteiger partial charge in [0.1, 0.15) is 0 Å². The van der Waals surface area contributed by atoms with Gasteiger partial charge in [0.05, 0.1) is 4.88 Å². The van der Waals surface area contributed by atoms with E-state index >= 15 is 0 Å². The minimum atomic E-state index is 0.0271. The summed E-state index contributed by atoms with van der Waals surface area (Å²) in [5.41, 5.74) is 1.21. The molecule has 1 amide bonds. The number of amides is 1. The van der Waals surface area contributed by atoms with Gasteiger partial charge in [-0.1, -0.05) is 6.07 Å². The number of nitrogens with zero attached hydrogens (tertiary/aromatic N) is 1. The third-order valence-electron chi connectivity index (χ3n) is 2.61. The van der Waals surface area contributed by atoms with Crippen molar-refractivity contribution < 1.29 is 4.79 Å². The second-order valence-corrected chi connectivity index (χ2v) is 5.42. The van der Waals surface area contributed by atoms with Crippen LogP contribution in [0, 0.1) is 6.92 Å². The lowest BCUT2D eigenvalue weighted by atomic mass is 10.1. The zero-order valence-corrected chi connectivity index (χ0v) is 11.2. The second kappa shape index (κ2) is 6.31. The van der Waals surface area contributed by atoms with Gasteiger partial charge in [0, 0.05) is 23.8 Å². The van der Waals surface area contributed by atoms with Crippen LogP contribution in [-0.4, -0.2) is 17.4 Å². The van der Waals surface area contributed by atoms with Crippen LogP contribution in [0.5, 0.6) is 0 Å². The number of hydrogen-bond acceptors (Lipinski definition) is 3. The van der Waals surface area contributed by atoms with E-state index in [-0.39, 0.29) is 5.91 Å². The molecule has 0 aliphatic carbocycles. The summed E-state index contributed by atoms with van der Waals surface area (Å²) in [6.07, 6.45) is 5.51. The molecule has 1 N–H and O–H groups in total. The summed E-state index contributed by atoms with van der Waals surface area (Å²) >= 11 is 1.53. The summed E-state index contributed by atoms with van der Waals surface area (Å²) < 4.78 is 0. The first kappa shape index (κ1) is 12.8. The van der Waals surface area contributed by atoms with Gasteiger partial charge in [-0.05, 0) is 43.5 Å². The first-order chi connectivity index (χ1) is 8.75. The van der Waals surface area contributed by atoms with Crippen LogP contribution in [-0.2, 0) is 6.42 Å². The van der Waals surface area contributed by atoms with Gasteiger partial charge in [0.25, 0.3) is 5.91 Å². The van der Waals surface area contributed by atoms with Crippen molar-refractivity contribution in [3.8, 4) is 0 Å². The van der Waals surface area contributed by atoms with E-state index in [2.05, 4.69) is 16.4 Å². The van der Waals surface area contributed by atoms with E-state index in [0.717, 1.165) is 22.6 Å². The Labute approximate surface area is 111 Å². The largest absolute Gasteiger partial charge is 0.351 e. The van der Waals surface area contributed by atoms with Crippen molar-refractivity contribution in [2.24, 2.45) is 0 Å². The molecule has 0 aliphatic heterocycles. The smallest absolute Gasteiger partial charge is 0.261 e. The normalized spacial score (nSPS) is 10.3. The molecular weight excluding hydrogens is 244 g/mol. The Kier molecular flexibility index (Phi) is 4.47. The third-order valence-corrected chi connectivity index (χ3v) is 3.61. The average Bonchev–Trinajstić information content (AvgIpc) is 2.82. The van der Waals surface area contributed by atoms with Crippen LogP contribution >= 0.6 is 11.3 Å². The van der Waals surface area contributed by atoms with Crippen molar-refractivity contribution in [3.63, 3.8) is 0 Å². The number of carbonyl (C=O) groups is 1. The lowest BCUT2D eigenvalue weighted by Gasteiger charge is -2.03. The molecule has 2 aromatic heterocycles. The van der Waals surface area contributed by atoms with Crippen molar-refractivity contribution in [3.05, 3.63) is 52.0 Å². The molecule has 4 heteroatoms. The number of aryl methyl sites for hydroxylation is 2. The van der Waals surface area contributed by atoms with Gasteiger partial charge in [0.2, 0.25) is 0 Å². The van der Waals surface area contributed by atoms with Crippen molar-refractivity contribution >= 4 is 17.2 Å². The number of carbonyl (C=O) groups excluding carboxylic acids is 1. The molecule has 0 aromatic carbocycles. The summed E-state index contributed by atoms with van der Waals surface area (Å²) in [5.74, 6) is 0.0271. The van der Waals surface area contributed by atoms with E-state index in [4.69, 9.17) is 0 Å². The molecule has 94 valence electrons. The predicted molar refractivity (Wildman–Crippen MR) is 73.9 cm³/mol. The first-order valence-electron chi connectivity index (χ1n) is 5.99. The molecule has 0 unspecified atom stereocenters. The van der Waals surface area contributed by atoms with Crippen LogP contribution in [0.4, 0.5) is 0 Å². The fraction of sp³-hybridized carbons (Fsp3) is 0.286. The van der Waals surface area contributed by atoms with Crippen molar-refractivity contribution in [1.82, 2.24) is 10.3 Å². The van der Waals surface area contributed by atoms with Crippen LogP contribution in [0.15, 0.2) is 36.7 Å². The SMILES string of the molecule is Cc1ccc(C(=O)NCCCc2cccnc2)s1. The quantitative estimate of drug-likeness (QED) is 0.840. The van der Waals surface area contributed by atoms with Gasteiger partial charge < -0.3 is 5.32 Å². The fourth-order valence-electron chi connectivity index (χ4n) is 1.68. The minimum absolute atomic E-state index is 0.0271. The summed E-state index contributed by atoms with van der Waals surface area (Å²) in [6, 6.07) is 7.82. The molecule has 0 saturated heterocycles. The Morgan fingerprint density at radius 1 is 1.39 bits per heavy atom. The van der Waals surface area contributed by atoms with Crippen LogP contribution < -0.4 is 5.32 Å². The summed E-state index contributed by atoms with van der Waals surface area (Å²) in [6.45, 7) is 2.70. The second-order valence-electron chi connectivity index (χ2n) is 4.13. The number of hydrogen-bond donors (Lipinski definition) is 1. The molecule has 18 heavy (non-hydrogen) atoms. The van der Waals surface area contributed by atoms with Crippen LogP contribution in [0.2, 0.25) is 0 Å². The molecule has 0 bridgehead atoms. The van der Waals surface area contributed by atoms with Crippen LogP contribution in [0.3, 0.4) is 0 Å². The highest BCUT2D eigenvalue weighted by Gasteiger charge is 2.06. The van der Waals surface area contributed by atoms with Gasteiger partial charge in [0.15, 0.2) is 0 Å². The van der Waals surface area contributed by atoms with Crippen molar-refractivity contribution in [2.45, 2.75) is 19.8 Å². The Morgan fingerprint density at radius 3 is 2.94 bits per heavy atom. The number of aromatic nitrogens is 1. The van der Waals surface area contributed by atoms with Gasteiger partial charge in [-0.2, -0.15) is 0 Å². The maximum absolute atomic E-state index is 11.8. The Morgan fingerprint density at radius 2 is 2.28 bits per heavy atom. The monoisotopic (exact) mass is 260 g/mol. The van der Waals surface area contributed by atoms with Crippen molar-refractivity contribution in [2.75, 3.05) is 6.54 Å². The topological polar surface area (TPSA) is 42.0 Å². The molecule has 2 aromatic rings. The van der Waals surface area contributed by atoms with E-state index in [1.807, 2.05) is 31.3 Å². The molecule has 2 rings (SSSR count). The number of nitrogens with one attached hydrogen (secondary N) is 1. The minimum Gasteiger partial charge on any atom is -0.351 e. The fourth-order valence-corrected chi connectivity index (χ4v) is 2.47. The first-order valence-corrected chi connectivity index (χ1v) is 6.81. The zero-order chi connectivity index (χ0) is 12.8. The standard InChI is InChI=1S/C14H16N2OS/c1-11-6-7-13(18-11)14(17)16-9-3-5-12-4-2-8-15-10-12/h2,4,6-8,10H,3,5,9H2,1H3,(H,16,17). The molecule has 3 nitrogen and oxygen atoms in total. The van der Waals surface area contributed by atoms with Gasteiger partial charge in [-0.3, -0.25) is 9.78 Å². The van der Waals surface area contributed by atoms with Crippen molar-refractivity contribution in [1.29, 1.82) is 0 Å². The van der Waals surface area contributed by atoms with Crippen LogP contribution in [0.25, 0.3) is 0 Å². The van der Waals surface area contributed by atoms with Gasteiger partial charge in [-0.25, -0.2) is 0 Å². The van der Waals surface area contributed by atoms with E-state index in [1.54, 1.807) is 6.20 Å². The predicted octanol–water partition coefficient (Wildman–Crippen LogP) is 2.81. The molecule has 0 fully saturated rings. The van der Waals surface area contributed by atoms with E-state index < -0.39 is 0 Å². The Bertz CT molecular complexity index is 508. The highest BCUT2D eigenvalue weighted by atomic mass is 32.1. The highest BCUT2D eigenvalue weighted by molar-refractivity contribution is 7.13. The van der Waals surface area contributed by atoms with Gasteiger partial charge >= 0.3 is 0 Å². The Balaban J connectivity index is 1.71. The molecule has 0 atom stereocenters. The lowest BCUT2D eigenvalue weighted by Crippen LogP contribution is -2.23. The zero-order valence-electron chi connectivity index (χ0n) is 10.3. The van der Waals surface area contributed by atoms with Gasteiger partial charge in [-0.15, -0.1) is 11.3 Å². The summed E-state index contributed by atoms with van der Waals surface area (Å²) in [5, 5.41) is 2.93. The number of thiophene rings is 1. The highest BCUT2D eigenvalue weighted by Crippen LogP contribution is 2.14. The summed E-state index contributed by atoms with van der Waals surface area (Å²) in [7, 11) is 0. The molecule has 0 aliphatic rings. The molecular formula is C14H16N2OS. The average molecular weight is 260 g/mol. The maximum Gasteiger partial charge on any atom is 0.261 e. The summed E-state index contributed by atoms with van der Waals surface area (Å²) in [4.78, 5) is 17.8. The Hall–Kier alpha value is -1.68.